The normalized spacial score (nSPS) is 12.0. The minimum atomic E-state index is -1.36. The van der Waals surface area contributed by atoms with E-state index in [0.717, 1.165) is 3.79 Å². The first-order valence-electron chi connectivity index (χ1n) is 4.44. The fourth-order valence-corrected chi connectivity index (χ4v) is 3.79. The van der Waals surface area contributed by atoms with E-state index in [1.54, 1.807) is 6.07 Å². The van der Waals surface area contributed by atoms with E-state index in [1.165, 1.54) is 18.4 Å². The van der Waals surface area contributed by atoms with Gasteiger partial charge >= 0.3 is 5.97 Å². The van der Waals surface area contributed by atoms with Crippen molar-refractivity contribution in [3.8, 4) is 0 Å². The lowest BCUT2D eigenvalue weighted by atomic mass is 10.3. The van der Waals surface area contributed by atoms with Gasteiger partial charge in [0.15, 0.2) is 6.10 Å². The summed E-state index contributed by atoms with van der Waals surface area (Å²) in [5.74, 6) is -1.15. The number of halogens is 2. The number of carbonyl (C=O) groups is 2. The third-order valence-corrected chi connectivity index (χ3v) is 4.17. The molecule has 1 amide bonds. The Morgan fingerprint density at radius 1 is 1.59 bits per heavy atom. The van der Waals surface area contributed by atoms with E-state index >= 15 is 0 Å². The molecule has 1 heterocycles. The quantitative estimate of drug-likeness (QED) is 0.769. The summed E-state index contributed by atoms with van der Waals surface area (Å²) in [5.41, 5.74) is 0.443. The van der Waals surface area contributed by atoms with Gasteiger partial charge in [-0.15, -0.1) is 11.3 Å². The Morgan fingerprint density at radius 3 is 2.71 bits per heavy atom. The van der Waals surface area contributed by atoms with Crippen molar-refractivity contribution in [3.63, 3.8) is 0 Å². The van der Waals surface area contributed by atoms with Gasteiger partial charge in [0, 0.05) is 0 Å². The molecule has 0 aliphatic heterocycles. The van der Waals surface area contributed by atoms with Crippen LogP contribution in [0, 0.1) is 0 Å². The molecule has 0 aromatic carbocycles. The number of rotatable bonds is 4. The van der Waals surface area contributed by atoms with Gasteiger partial charge < -0.3 is 15.2 Å². The van der Waals surface area contributed by atoms with Gasteiger partial charge in [-0.2, -0.15) is 0 Å². The van der Waals surface area contributed by atoms with E-state index in [4.69, 9.17) is 0 Å². The average Bonchev–Trinajstić information content (AvgIpc) is 2.63. The van der Waals surface area contributed by atoms with Gasteiger partial charge in [-0.25, -0.2) is 4.79 Å². The Balaban J connectivity index is 2.56. The highest BCUT2D eigenvalue weighted by molar-refractivity contribution is 9.12. The van der Waals surface area contributed by atoms with Crippen LogP contribution in [-0.2, 0) is 9.53 Å². The van der Waals surface area contributed by atoms with E-state index in [2.05, 4.69) is 41.9 Å². The predicted octanol–water partition coefficient (Wildman–Crippen LogP) is 1.54. The predicted molar refractivity (Wildman–Crippen MR) is 70.1 cm³/mol. The number of aliphatic hydroxyl groups is 1. The van der Waals surface area contributed by atoms with Gasteiger partial charge in [0.25, 0.3) is 5.91 Å². The van der Waals surface area contributed by atoms with Gasteiger partial charge in [-0.05, 0) is 37.9 Å². The SMILES string of the molecule is COC(=O)C(O)CNC(=O)c1cc(Br)sc1Br. The number of ether oxygens (including phenoxy) is 1. The second-order valence-corrected chi connectivity index (χ2v) is 6.74. The molecular weight excluding hydrogens is 378 g/mol. The monoisotopic (exact) mass is 385 g/mol. The van der Waals surface area contributed by atoms with Crippen LogP contribution in [-0.4, -0.2) is 36.7 Å². The first-order chi connectivity index (χ1) is 7.95. The van der Waals surface area contributed by atoms with Crippen molar-refractivity contribution >= 4 is 55.1 Å². The van der Waals surface area contributed by atoms with E-state index in [0.29, 0.717) is 9.35 Å². The number of methoxy groups -OCH3 is 1. The molecule has 0 aliphatic rings. The minimum absolute atomic E-state index is 0.189. The molecule has 1 rings (SSSR count). The zero-order chi connectivity index (χ0) is 13.0. The third-order valence-electron chi connectivity index (χ3n) is 1.83. The van der Waals surface area contributed by atoms with Crippen LogP contribution in [0.2, 0.25) is 0 Å². The van der Waals surface area contributed by atoms with E-state index in [-0.39, 0.29) is 12.5 Å². The number of aliphatic hydroxyl groups excluding tert-OH is 1. The van der Waals surface area contributed by atoms with Crippen molar-refractivity contribution in [2.75, 3.05) is 13.7 Å². The Labute approximate surface area is 118 Å². The fraction of sp³-hybridized carbons (Fsp3) is 0.333. The van der Waals surface area contributed by atoms with Crippen LogP contribution in [0.3, 0.4) is 0 Å². The van der Waals surface area contributed by atoms with Crippen LogP contribution in [0.15, 0.2) is 13.6 Å². The van der Waals surface area contributed by atoms with Crippen molar-refractivity contribution in [3.05, 3.63) is 19.2 Å². The first-order valence-corrected chi connectivity index (χ1v) is 6.85. The molecule has 0 saturated carbocycles. The van der Waals surface area contributed by atoms with Crippen molar-refractivity contribution < 1.29 is 19.4 Å². The van der Waals surface area contributed by atoms with E-state index in [1.807, 2.05) is 0 Å². The van der Waals surface area contributed by atoms with Crippen LogP contribution in [0.25, 0.3) is 0 Å². The highest BCUT2D eigenvalue weighted by Gasteiger charge is 2.18. The number of hydrogen-bond donors (Lipinski definition) is 2. The maximum absolute atomic E-state index is 11.7. The Kier molecular flexibility index (Phi) is 5.57. The maximum Gasteiger partial charge on any atom is 0.336 e. The van der Waals surface area contributed by atoms with Gasteiger partial charge in [0.2, 0.25) is 0 Å². The summed E-state index contributed by atoms with van der Waals surface area (Å²) >= 11 is 7.85. The van der Waals surface area contributed by atoms with Gasteiger partial charge in [-0.3, -0.25) is 4.79 Å². The molecule has 0 radical (unpaired) electrons. The molecule has 1 unspecified atom stereocenters. The second-order valence-electron chi connectivity index (χ2n) is 2.99. The first kappa shape index (κ1) is 14.6. The molecule has 1 aromatic rings. The lowest BCUT2D eigenvalue weighted by Crippen LogP contribution is -2.37. The molecule has 0 saturated heterocycles. The summed E-state index contributed by atoms with van der Waals surface area (Å²) in [6, 6.07) is 1.65. The average molecular weight is 387 g/mol. The molecule has 0 fully saturated rings. The van der Waals surface area contributed by atoms with Gasteiger partial charge in [0.1, 0.15) is 0 Å². The van der Waals surface area contributed by atoms with Crippen LogP contribution in [0.4, 0.5) is 0 Å². The molecule has 0 spiro atoms. The van der Waals surface area contributed by atoms with Crippen molar-refractivity contribution in [2.45, 2.75) is 6.10 Å². The van der Waals surface area contributed by atoms with E-state index in [9.17, 15) is 14.7 Å². The second kappa shape index (κ2) is 6.48. The summed E-state index contributed by atoms with van der Waals surface area (Å²) in [7, 11) is 1.17. The maximum atomic E-state index is 11.7. The van der Waals surface area contributed by atoms with Crippen LogP contribution in [0.1, 0.15) is 10.4 Å². The van der Waals surface area contributed by atoms with Crippen molar-refractivity contribution in [2.24, 2.45) is 0 Å². The summed E-state index contributed by atoms with van der Waals surface area (Å²) in [5, 5.41) is 11.7. The van der Waals surface area contributed by atoms with Crippen LogP contribution in [0.5, 0.6) is 0 Å². The fourth-order valence-electron chi connectivity index (χ4n) is 0.999. The van der Waals surface area contributed by atoms with Crippen molar-refractivity contribution in [1.82, 2.24) is 5.32 Å². The standard InChI is InChI=1S/C9H9Br2NO4S/c1-16-9(15)5(13)3-12-8(14)4-2-6(10)17-7(4)11/h2,5,13H,3H2,1H3,(H,12,14). The minimum Gasteiger partial charge on any atom is -0.467 e. The molecule has 1 aromatic heterocycles. The van der Waals surface area contributed by atoms with Gasteiger partial charge in [-0.1, -0.05) is 0 Å². The van der Waals surface area contributed by atoms with Crippen LogP contribution < -0.4 is 5.32 Å². The number of carbonyl (C=O) groups excluding carboxylic acids is 2. The largest absolute Gasteiger partial charge is 0.467 e. The topological polar surface area (TPSA) is 75.6 Å². The summed E-state index contributed by atoms with van der Waals surface area (Å²) in [4.78, 5) is 22.6. The molecule has 0 aliphatic carbocycles. The van der Waals surface area contributed by atoms with Crippen LogP contribution >= 0.6 is 43.2 Å². The summed E-state index contributed by atoms with van der Waals surface area (Å²) in [6.07, 6.45) is -1.36. The molecule has 8 heteroatoms. The Morgan fingerprint density at radius 2 is 2.24 bits per heavy atom. The molecular formula is C9H9Br2NO4S. The lowest BCUT2D eigenvalue weighted by molar-refractivity contribution is -0.149. The smallest absolute Gasteiger partial charge is 0.336 e. The third kappa shape index (κ3) is 4.06. The van der Waals surface area contributed by atoms with Gasteiger partial charge in [0.05, 0.1) is 26.8 Å². The number of thiophene rings is 1. The number of nitrogens with one attached hydrogen (secondary N) is 1. The Hall–Kier alpha value is -0.440. The highest BCUT2D eigenvalue weighted by atomic mass is 79.9. The molecule has 0 bridgehead atoms. The zero-order valence-electron chi connectivity index (χ0n) is 8.70. The number of esters is 1. The highest BCUT2D eigenvalue weighted by Crippen LogP contribution is 2.31. The Bertz CT molecular complexity index is 435. The lowest BCUT2D eigenvalue weighted by Gasteiger charge is -2.09. The molecule has 2 N–H and O–H groups in total. The zero-order valence-corrected chi connectivity index (χ0v) is 12.7. The number of amides is 1. The van der Waals surface area contributed by atoms with E-state index < -0.39 is 12.1 Å². The van der Waals surface area contributed by atoms with Crippen molar-refractivity contribution in [1.29, 1.82) is 0 Å². The molecule has 1 atom stereocenters. The summed E-state index contributed by atoms with van der Waals surface area (Å²) in [6.45, 7) is -0.189. The molecule has 5 nitrogen and oxygen atoms in total. The molecule has 94 valence electrons. The molecule has 17 heavy (non-hydrogen) atoms. The summed E-state index contributed by atoms with van der Waals surface area (Å²) < 4.78 is 5.81. The number of hydrogen-bond acceptors (Lipinski definition) is 5.